The topological polar surface area (TPSA) is 50.2 Å². The molecule has 0 spiro atoms. The molecule has 0 unspecified atom stereocenters. The summed E-state index contributed by atoms with van der Waals surface area (Å²) in [4.78, 5) is 15.1. The summed E-state index contributed by atoms with van der Waals surface area (Å²) in [6, 6.07) is 11.5. The molecule has 1 heterocycles. The summed E-state index contributed by atoms with van der Waals surface area (Å²) in [5.74, 6) is -1.00. The van der Waals surface area contributed by atoms with Gasteiger partial charge in [0.15, 0.2) is 5.69 Å². The van der Waals surface area contributed by atoms with E-state index in [4.69, 9.17) is 5.11 Å². The molecule has 0 saturated heterocycles. The molecule has 2 aromatic rings. The van der Waals surface area contributed by atoms with Crippen molar-refractivity contribution in [2.45, 2.75) is 26.2 Å². The first kappa shape index (κ1) is 13.3. The maximum atomic E-state index is 11.2. The summed E-state index contributed by atoms with van der Waals surface area (Å²) in [7, 11) is 0. The van der Waals surface area contributed by atoms with Crippen molar-refractivity contribution in [3.8, 4) is 11.1 Å². The molecule has 0 aliphatic heterocycles. The lowest BCUT2D eigenvalue weighted by Crippen LogP contribution is -2.10. The average Bonchev–Trinajstić information content (AvgIpc) is 2.38. The van der Waals surface area contributed by atoms with Crippen LogP contribution in [0.1, 0.15) is 36.8 Å². The second-order valence-electron chi connectivity index (χ2n) is 5.53. The van der Waals surface area contributed by atoms with Crippen molar-refractivity contribution in [3.63, 3.8) is 0 Å². The Bertz CT molecular complexity index is 595. The molecule has 2 rings (SSSR count). The molecule has 0 aliphatic rings. The highest BCUT2D eigenvalue weighted by atomic mass is 16.4. The number of aromatic carboxylic acids is 1. The van der Waals surface area contributed by atoms with E-state index in [0.29, 0.717) is 5.56 Å². The first-order valence-corrected chi connectivity index (χ1v) is 6.19. The van der Waals surface area contributed by atoms with Crippen molar-refractivity contribution in [1.29, 1.82) is 0 Å². The Hall–Kier alpha value is -2.16. The summed E-state index contributed by atoms with van der Waals surface area (Å²) < 4.78 is 0. The normalized spacial score (nSPS) is 11.3. The maximum absolute atomic E-state index is 11.2. The molecule has 3 heteroatoms. The summed E-state index contributed by atoms with van der Waals surface area (Å²) in [5.41, 5.74) is 2.92. The van der Waals surface area contributed by atoms with Crippen LogP contribution in [0, 0.1) is 0 Å². The SMILES string of the molecule is CC(C)(C)c1ccc(-c2cccnc2C(=O)O)cc1. The third kappa shape index (κ3) is 2.81. The molecule has 98 valence electrons. The number of carbonyl (C=O) groups is 1. The van der Waals surface area contributed by atoms with Crippen LogP contribution in [0.4, 0.5) is 0 Å². The van der Waals surface area contributed by atoms with E-state index in [1.807, 2.05) is 24.3 Å². The summed E-state index contributed by atoms with van der Waals surface area (Å²) in [6.45, 7) is 6.44. The highest BCUT2D eigenvalue weighted by molar-refractivity contribution is 5.93. The molecular formula is C16H17NO2. The first-order chi connectivity index (χ1) is 8.89. The summed E-state index contributed by atoms with van der Waals surface area (Å²) in [6.07, 6.45) is 1.50. The van der Waals surface area contributed by atoms with E-state index >= 15 is 0 Å². The highest BCUT2D eigenvalue weighted by Crippen LogP contribution is 2.27. The number of hydrogen-bond donors (Lipinski definition) is 1. The number of aromatic nitrogens is 1. The molecule has 0 aliphatic carbocycles. The molecule has 1 aromatic heterocycles. The van der Waals surface area contributed by atoms with E-state index in [0.717, 1.165) is 5.56 Å². The molecule has 0 atom stereocenters. The molecule has 19 heavy (non-hydrogen) atoms. The van der Waals surface area contributed by atoms with E-state index < -0.39 is 5.97 Å². The predicted molar refractivity (Wildman–Crippen MR) is 75.3 cm³/mol. The van der Waals surface area contributed by atoms with Gasteiger partial charge >= 0.3 is 5.97 Å². The van der Waals surface area contributed by atoms with Crippen LogP contribution in [0.15, 0.2) is 42.6 Å². The van der Waals surface area contributed by atoms with Crippen LogP contribution >= 0.6 is 0 Å². The molecule has 0 amide bonds. The van der Waals surface area contributed by atoms with Gasteiger partial charge in [0.05, 0.1) is 0 Å². The van der Waals surface area contributed by atoms with Crippen LogP contribution in [-0.2, 0) is 5.41 Å². The van der Waals surface area contributed by atoms with Gasteiger partial charge in [-0.15, -0.1) is 0 Å². The van der Waals surface area contributed by atoms with Gasteiger partial charge in [0.2, 0.25) is 0 Å². The molecule has 0 fully saturated rings. The van der Waals surface area contributed by atoms with Gasteiger partial charge in [-0.25, -0.2) is 9.78 Å². The van der Waals surface area contributed by atoms with Gasteiger partial charge in [0.25, 0.3) is 0 Å². The molecule has 0 bridgehead atoms. The second-order valence-corrected chi connectivity index (χ2v) is 5.53. The van der Waals surface area contributed by atoms with Gasteiger partial charge < -0.3 is 5.11 Å². The number of carboxylic acids is 1. The highest BCUT2D eigenvalue weighted by Gasteiger charge is 2.15. The number of rotatable bonds is 2. The van der Waals surface area contributed by atoms with Crippen LogP contribution in [0.5, 0.6) is 0 Å². The van der Waals surface area contributed by atoms with Gasteiger partial charge in [0, 0.05) is 11.8 Å². The number of hydrogen-bond acceptors (Lipinski definition) is 2. The Morgan fingerprint density at radius 2 is 1.74 bits per heavy atom. The molecule has 1 N–H and O–H groups in total. The van der Waals surface area contributed by atoms with E-state index in [1.54, 1.807) is 12.1 Å². The largest absolute Gasteiger partial charge is 0.476 e. The number of pyridine rings is 1. The predicted octanol–water partition coefficient (Wildman–Crippen LogP) is 3.74. The minimum Gasteiger partial charge on any atom is -0.476 e. The third-order valence-electron chi connectivity index (χ3n) is 3.07. The quantitative estimate of drug-likeness (QED) is 0.889. The fourth-order valence-corrected chi connectivity index (χ4v) is 1.96. The lowest BCUT2D eigenvalue weighted by molar-refractivity contribution is 0.0691. The lowest BCUT2D eigenvalue weighted by Gasteiger charge is -2.19. The van der Waals surface area contributed by atoms with Crippen LogP contribution in [-0.4, -0.2) is 16.1 Å². The van der Waals surface area contributed by atoms with E-state index in [9.17, 15) is 4.79 Å². The van der Waals surface area contributed by atoms with Crippen molar-refractivity contribution in [2.75, 3.05) is 0 Å². The molecule has 0 saturated carbocycles. The Morgan fingerprint density at radius 3 is 2.26 bits per heavy atom. The Morgan fingerprint density at radius 1 is 1.11 bits per heavy atom. The van der Waals surface area contributed by atoms with E-state index in [2.05, 4.69) is 25.8 Å². The zero-order valence-corrected chi connectivity index (χ0v) is 11.3. The zero-order valence-electron chi connectivity index (χ0n) is 11.3. The van der Waals surface area contributed by atoms with Crippen molar-refractivity contribution in [1.82, 2.24) is 4.98 Å². The third-order valence-corrected chi connectivity index (χ3v) is 3.07. The fraction of sp³-hybridized carbons (Fsp3) is 0.250. The minimum atomic E-state index is -1.00. The van der Waals surface area contributed by atoms with E-state index in [-0.39, 0.29) is 11.1 Å². The van der Waals surface area contributed by atoms with Crippen molar-refractivity contribution >= 4 is 5.97 Å². The maximum Gasteiger partial charge on any atom is 0.355 e. The monoisotopic (exact) mass is 255 g/mol. The lowest BCUT2D eigenvalue weighted by atomic mass is 9.86. The molecule has 0 radical (unpaired) electrons. The van der Waals surface area contributed by atoms with Crippen LogP contribution < -0.4 is 0 Å². The van der Waals surface area contributed by atoms with Gasteiger partial charge in [-0.2, -0.15) is 0 Å². The van der Waals surface area contributed by atoms with Gasteiger partial charge in [-0.1, -0.05) is 51.1 Å². The van der Waals surface area contributed by atoms with Gasteiger partial charge in [0.1, 0.15) is 0 Å². The standard InChI is InChI=1S/C16H17NO2/c1-16(2,3)12-8-6-11(7-9-12)13-5-4-10-17-14(13)15(18)19/h4-10H,1-3H3,(H,18,19). The van der Waals surface area contributed by atoms with Crippen LogP contribution in [0.25, 0.3) is 11.1 Å². The molecular weight excluding hydrogens is 238 g/mol. The smallest absolute Gasteiger partial charge is 0.355 e. The van der Waals surface area contributed by atoms with E-state index in [1.165, 1.54) is 11.8 Å². The molecule has 1 aromatic carbocycles. The number of benzene rings is 1. The second kappa shape index (κ2) is 4.84. The summed E-state index contributed by atoms with van der Waals surface area (Å²) in [5, 5.41) is 9.15. The Kier molecular flexibility index (Phi) is 3.38. The minimum absolute atomic E-state index is 0.0864. The van der Waals surface area contributed by atoms with Crippen LogP contribution in [0.2, 0.25) is 0 Å². The Labute approximate surface area is 112 Å². The van der Waals surface area contributed by atoms with Crippen molar-refractivity contribution in [3.05, 3.63) is 53.9 Å². The first-order valence-electron chi connectivity index (χ1n) is 6.19. The van der Waals surface area contributed by atoms with Crippen LogP contribution in [0.3, 0.4) is 0 Å². The van der Waals surface area contributed by atoms with Crippen molar-refractivity contribution in [2.24, 2.45) is 0 Å². The summed E-state index contributed by atoms with van der Waals surface area (Å²) >= 11 is 0. The van der Waals surface area contributed by atoms with Gasteiger partial charge in [-0.05, 0) is 22.6 Å². The average molecular weight is 255 g/mol. The van der Waals surface area contributed by atoms with Gasteiger partial charge in [-0.3, -0.25) is 0 Å². The number of carboxylic acid groups (broad SMARTS) is 1. The fourth-order valence-electron chi connectivity index (χ4n) is 1.96. The Balaban J connectivity index is 2.46. The number of nitrogens with zero attached hydrogens (tertiary/aromatic N) is 1. The van der Waals surface area contributed by atoms with Crippen molar-refractivity contribution < 1.29 is 9.90 Å². The molecule has 3 nitrogen and oxygen atoms in total. The zero-order chi connectivity index (χ0) is 14.0.